The lowest BCUT2D eigenvalue weighted by Crippen LogP contribution is -2.28. The third-order valence-corrected chi connectivity index (χ3v) is 3.96. The molecule has 1 N–H and O–H groups in total. The lowest BCUT2D eigenvalue weighted by Gasteiger charge is -2.14. The van der Waals surface area contributed by atoms with Gasteiger partial charge in [-0.25, -0.2) is 0 Å². The SMILES string of the molecule is CC(C)c1ccc2cc(C(=O)N(C)C3CC3)[nH]c2c1. The van der Waals surface area contributed by atoms with Crippen LogP contribution in [0, 0.1) is 0 Å². The van der Waals surface area contributed by atoms with Crippen LogP contribution in [0.25, 0.3) is 10.9 Å². The Balaban J connectivity index is 1.94. The smallest absolute Gasteiger partial charge is 0.270 e. The van der Waals surface area contributed by atoms with E-state index >= 15 is 0 Å². The van der Waals surface area contributed by atoms with E-state index in [1.165, 1.54) is 5.56 Å². The monoisotopic (exact) mass is 256 g/mol. The number of aromatic amines is 1. The number of nitrogens with one attached hydrogen (secondary N) is 1. The fourth-order valence-electron chi connectivity index (χ4n) is 2.44. The average molecular weight is 256 g/mol. The van der Waals surface area contributed by atoms with E-state index in [9.17, 15) is 4.79 Å². The summed E-state index contributed by atoms with van der Waals surface area (Å²) in [6.45, 7) is 4.36. The molecule has 1 aromatic heterocycles. The van der Waals surface area contributed by atoms with Gasteiger partial charge in [-0.15, -0.1) is 0 Å². The first kappa shape index (κ1) is 12.3. The molecule has 0 radical (unpaired) electrons. The van der Waals surface area contributed by atoms with Gasteiger partial charge in [0.15, 0.2) is 0 Å². The lowest BCUT2D eigenvalue weighted by molar-refractivity contribution is 0.0780. The molecule has 1 heterocycles. The van der Waals surface area contributed by atoms with Crippen molar-refractivity contribution in [2.45, 2.75) is 38.6 Å². The van der Waals surface area contributed by atoms with Crippen LogP contribution in [0.5, 0.6) is 0 Å². The molecule has 100 valence electrons. The fraction of sp³-hybridized carbons (Fsp3) is 0.438. The van der Waals surface area contributed by atoms with Gasteiger partial charge in [0.2, 0.25) is 0 Å². The average Bonchev–Trinajstić information content (AvgIpc) is 3.15. The molecule has 1 saturated carbocycles. The predicted octanol–water partition coefficient (Wildman–Crippen LogP) is 3.53. The molecule has 1 fully saturated rings. The molecular formula is C16H20N2O. The Morgan fingerprint density at radius 3 is 2.68 bits per heavy atom. The third-order valence-electron chi connectivity index (χ3n) is 3.96. The van der Waals surface area contributed by atoms with Crippen molar-refractivity contribution in [2.24, 2.45) is 0 Å². The summed E-state index contributed by atoms with van der Waals surface area (Å²) in [7, 11) is 1.89. The zero-order valence-electron chi connectivity index (χ0n) is 11.7. The molecule has 0 saturated heterocycles. The highest BCUT2D eigenvalue weighted by atomic mass is 16.2. The van der Waals surface area contributed by atoms with Crippen molar-refractivity contribution in [2.75, 3.05) is 7.05 Å². The van der Waals surface area contributed by atoms with E-state index < -0.39 is 0 Å². The van der Waals surface area contributed by atoms with Crippen molar-refractivity contribution in [1.82, 2.24) is 9.88 Å². The van der Waals surface area contributed by atoms with Crippen LogP contribution in [-0.2, 0) is 0 Å². The second-order valence-electron chi connectivity index (χ2n) is 5.83. The molecular weight excluding hydrogens is 236 g/mol. The van der Waals surface area contributed by atoms with Crippen LogP contribution in [0.2, 0.25) is 0 Å². The normalized spacial score (nSPS) is 15.2. The summed E-state index contributed by atoms with van der Waals surface area (Å²) in [4.78, 5) is 17.4. The molecule has 0 aliphatic heterocycles. The number of aromatic nitrogens is 1. The topological polar surface area (TPSA) is 36.1 Å². The van der Waals surface area contributed by atoms with E-state index in [1.54, 1.807) is 0 Å². The van der Waals surface area contributed by atoms with Crippen LogP contribution in [0.3, 0.4) is 0 Å². The summed E-state index contributed by atoms with van der Waals surface area (Å²) in [6, 6.07) is 8.79. The van der Waals surface area contributed by atoms with Gasteiger partial charge < -0.3 is 9.88 Å². The molecule has 3 heteroatoms. The van der Waals surface area contributed by atoms with Crippen LogP contribution in [-0.4, -0.2) is 28.9 Å². The number of nitrogens with zero attached hydrogens (tertiary/aromatic N) is 1. The maximum absolute atomic E-state index is 12.3. The number of fused-ring (bicyclic) bond motifs is 1. The first-order valence-corrected chi connectivity index (χ1v) is 6.96. The molecule has 2 aromatic rings. The van der Waals surface area contributed by atoms with Crippen molar-refractivity contribution in [1.29, 1.82) is 0 Å². The minimum atomic E-state index is 0.102. The number of amides is 1. The molecule has 0 atom stereocenters. The molecule has 1 aromatic carbocycles. The number of H-pyrrole nitrogens is 1. The molecule has 3 nitrogen and oxygen atoms in total. The van der Waals surface area contributed by atoms with E-state index in [0.29, 0.717) is 17.7 Å². The summed E-state index contributed by atoms with van der Waals surface area (Å²) in [6.07, 6.45) is 2.28. The summed E-state index contributed by atoms with van der Waals surface area (Å²) in [5.74, 6) is 0.603. The Morgan fingerprint density at radius 1 is 1.32 bits per heavy atom. The Labute approximate surface area is 113 Å². The van der Waals surface area contributed by atoms with Crippen molar-refractivity contribution in [3.8, 4) is 0 Å². The second kappa shape index (κ2) is 4.41. The maximum atomic E-state index is 12.3. The van der Waals surface area contributed by atoms with Gasteiger partial charge >= 0.3 is 0 Å². The van der Waals surface area contributed by atoms with Gasteiger partial charge in [0.1, 0.15) is 5.69 Å². The van der Waals surface area contributed by atoms with Gasteiger partial charge in [0.25, 0.3) is 5.91 Å². The minimum Gasteiger partial charge on any atom is -0.351 e. The number of benzene rings is 1. The fourth-order valence-corrected chi connectivity index (χ4v) is 2.44. The highest BCUT2D eigenvalue weighted by Gasteiger charge is 2.30. The Bertz CT molecular complexity index is 623. The number of rotatable bonds is 3. The first-order valence-electron chi connectivity index (χ1n) is 6.96. The zero-order chi connectivity index (χ0) is 13.6. The van der Waals surface area contributed by atoms with Crippen molar-refractivity contribution >= 4 is 16.8 Å². The lowest BCUT2D eigenvalue weighted by atomic mass is 10.0. The second-order valence-corrected chi connectivity index (χ2v) is 5.83. The van der Waals surface area contributed by atoms with Gasteiger partial charge in [0.05, 0.1) is 0 Å². The van der Waals surface area contributed by atoms with Gasteiger partial charge in [0, 0.05) is 24.0 Å². The Kier molecular flexibility index (Phi) is 2.85. The quantitative estimate of drug-likeness (QED) is 0.896. The number of carbonyl (C=O) groups is 1. The van der Waals surface area contributed by atoms with E-state index in [2.05, 4.69) is 37.0 Å². The minimum absolute atomic E-state index is 0.102. The maximum Gasteiger partial charge on any atom is 0.270 e. The molecule has 0 unspecified atom stereocenters. The molecule has 1 aliphatic carbocycles. The van der Waals surface area contributed by atoms with E-state index in [1.807, 2.05) is 18.0 Å². The Hall–Kier alpha value is -1.77. The van der Waals surface area contributed by atoms with Gasteiger partial charge in [-0.2, -0.15) is 0 Å². The van der Waals surface area contributed by atoms with E-state index in [4.69, 9.17) is 0 Å². The highest BCUT2D eigenvalue weighted by Crippen LogP contribution is 2.28. The number of hydrogen-bond acceptors (Lipinski definition) is 1. The molecule has 1 aliphatic rings. The first-order chi connectivity index (χ1) is 9.06. The summed E-state index contributed by atoms with van der Waals surface area (Å²) in [5.41, 5.74) is 3.05. The van der Waals surface area contributed by atoms with Crippen LogP contribution in [0.4, 0.5) is 0 Å². The molecule has 0 bridgehead atoms. The van der Waals surface area contributed by atoms with Crippen LogP contribution in [0.15, 0.2) is 24.3 Å². The largest absolute Gasteiger partial charge is 0.351 e. The molecule has 1 amide bonds. The van der Waals surface area contributed by atoms with E-state index in [-0.39, 0.29) is 5.91 Å². The zero-order valence-corrected chi connectivity index (χ0v) is 11.7. The summed E-state index contributed by atoms with van der Waals surface area (Å²) in [5, 5.41) is 1.11. The standard InChI is InChI=1S/C16H20N2O/c1-10(2)11-4-5-12-9-15(17-14(12)8-11)16(19)18(3)13-6-7-13/h4-5,8-10,13,17H,6-7H2,1-3H3. The number of carbonyl (C=O) groups excluding carboxylic acids is 1. The highest BCUT2D eigenvalue weighted by molar-refractivity contribution is 5.98. The van der Waals surface area contributed by atoms with Crippen molar-refractivity contribution < 1.29 is 4.79 Å². The van der Waals surface area contributed by atoms with Crippen LogP contribution < -0.4 is 0 Å². The predicted molar refractivity (Wildman–Crippen MR) is 77.5 cm³/mol. The van der Waals surface area contributed by atoms with Crippen molar-refractivity contribution in [3.05, 3.63) is 35.5 Å². The van der Waals surface area contributed by atoms with Crippen LogP contribution in [0.1, 0.15) is 48.7 Å². The van der Waals surface area contributed by atoms with Gasteiger partial charge in [-0.1, -0.05) is 26.0 Å². The third kappa shape index (κ3) is 2.25. The molecule has 19 heavy (non-hydrogen) atoms. The van der Waals surface area contributed by atoms with Gasteiger partial charge in [-0.3, -0.25) is 4.79 Å². The summed E-state index contributed by atoms with van der Waals surface area (Å²) >= 11 is 0. The van der Waals surface area contributed by atoms with Crippen LogP contribution >= 0.6 is 0 Å². The van der Waals surface area contributed by atoms with E-state index in [0.717, 1.165) is 23.7 Å². The molecule has 3 rings (SSSR count). The Morgan fingerprint density at radius 2 is 2.05 bits per heavy atom. The summed E-state index contributed by atoms with van der Waals surface area (Å²) < 4.78 is 0. The molecule has 0 spiro atoms. The van der Waals surface area contributed by atoms with Gasteiger partial charge in [-0.05, 0) is 36.5 Å². The number of hydrogen-bond donors (Lipinski definition) is 1. The van der Waals surface area contributed by atoms with Crippen molar-refractivity contribution in [3.63, 3.8) is 0 Å².